The van der Waals surface area contributed by atoms with Crippen molar-refractivity contribution in [3.8, 4) is 0 Å². The Balaban J connectivity index is 2.73. The summed E-state index contributed by atoms with van der Waals surface area (Å²) in [6, 6.07) is 2.05. The van der Waals surface area contributed by atoms with Crippen LogP contribution in [0.2, 0.25) is 0 Å². The second kappa shape index (κ2) is 4.21. The van der Waals surface area contributed by atoms with Crippen LogP contribution in [0.3, 0.4) is 0 Å². The largest absolute Gasteiger partial charge is 0.361 e. The van der Waals surface area contributed by atoms with Crippen molar-refractivity contribution in [2.45, 2.75) is 6.23 Å². The Hall–Kier alpha value is 0.1000. The quantitative estimate of drug-likeness (QED) is 0.813. The molecule has 1 aromatic rings. The molecular formula is C7H10BrNOS. The van der Waals surface area contributed by atoms with E-state index in [0.29, 0.717) is 0 Å². The highest BCUT2D eigenvalue weighted by molar-refractivity contribution is 9.10. The molecule has 11 heavy (non-hydrogen) atoms. The number of nitrogens with one attached hydrogen (secondary N) is 1. The van der Waals surface area contributed by atoms with Gasteiger partial charge in [-0.1, -0.05) is 0 Å². The van der Waals surface area contributed by atoms with Gasteiger partial charge in [-0.25, -0.2) is 0 Å². The maximum atomic E-state index is 5.18. The average molecular weight is 236 g/mol. The predicted octanol–water partition coefficient (Wildman–Crippen LogP) is 2.38. The summed E-state index contributed by atoms with van der Waals surface area (Å²) in [6.07, 6.45) is 0.0197. The van der Waals surface area contributed by atoms with E-state index in [0.717, 1.165) is 4.47 Å². The van der Waals surface area contributed by atoms with E-state index in [-0.39, 0.29) is 6.23 Å². The van der Waals surface area contributed by atoms with Crippen molar-refractivity contribution in [3.05, 3.63) is 20.8 Å². The van der Waals surface area contributed by atoms with E-state index in [9.17, 15) is 0 Å². The second-order valence-electron chi connectivity index (χ2n) is 2.07. The van der Waals surface area contributed by atoms with Crippen molar-refractivity contribution in [3.63, 3.8) is 0 Å². The molecule has 0 saturated carbocycles. The van der Waals surface area contributed by atoms with E-state index in [1.807, 2.05) is 12.4 Å². The number of rotatable bonds is 3. The zero-order valence-corrected chi connectivity index (χ0v) is 8.83. The van der Waals surface area contributed by atoms with Crippen molar-refractivity contribution < 1.29 is 4.74 Å². The monoisotopic (exact) mass is 235 g/mol. The fourth-order valence-electron chi connectivity index (χ4n) is 0.842. The van der Waals surface area contributed by atoms with Gasteiger partial charge in [-0.15, -0.1) is 11.3 Å². The Labute approximate surface area is 78.7 Å². The summed E-state index contributed by atoms with van der Waals surface area (Å²) in [7, 11) is 3.57. The van der Waals surface area contributed by atoms with Gasteiger partial charge in [0.2, 0.25) is 0 Å². The Morgan fingerprint density at radius 3 is 2.82 bits per heavy atom. The van der Waals surface area contributed by atoms with E-state index in [2.05, 4.69) is 27.3 Å². The molecule has 0 aliphatic carbocycles. The normalized spacial score (nSPS) is 13.4. The minimum Gasteiger partial charge on any atom is -0.361 e. The summed E-state index contributed by atoms with van der Waals surface area (Å²) in [5, 5.41) is 5.09. The molecule has 1 unspecified atom stereocenters. The Kier molecular flexibility index (Phi) is 3.51. The zero-order chi connectivity index (χ0) is 8.27. The van der Waals surface area contributed by atoms with Crippen molar-refractivity contribution in [1.29, 1.82) is 0 Å². The minimum absolute atomic E-state index is 0.0197. The third kappa shape index (κ3) is 2.27. The van der Waals surface area contributed by atoms with Crippen LogP contribution in [0.25, 0.3) is 0 Å². The molecule has 62 valence electrons. The SMILES string of the molecule is CNC(OC)c1cc(Br)cs1. The van der Waals surface area contributed by atoms with Crippen LogP contribution in [0.1, 0.15) is 11.1 Å². The Morgan fingerprint density at radius 2 is 2.45 bits per heavy atom. The molecule has 0 aliphatic rings. The molecule has 0 bridgehead atoms. The van der Waals surface area contributed by atoms with E-state index >= 15 is 0 Å². The molecule has 1 atom stereocenters. The fraction of sp³-hybridized carbons (Fsp3) is 0.429. The molecule has 1 heterocycles. The summed E-state index contributed by atoms with van der Waals surface area (Å²) in [5.41, 5.74) is 0. The van der Waals surface area contributed by atoms with Crippen LogP contribution in [0.4, 0.5) is 0 Å². The number of thiophene rings is 1. The van der Waals surface area contributed by atoms with Gasteiger partial charge >= 0.3 is 0 Å². The van der Waals surface area contributed by atoms with Crippen LogP contribution in [-0.4, -0.2) is 14.2 Å². The average Bonchev–Trinajstić information content (AvgIpc) is 2.39. The Bertz CT molecular complexity index is 222. The van der Waals surface area contributed by atoms with Gasteiger partial charge in [-0.3, -0.25) is 5.32 Å². The predicted molar refractivity (Wildman–Crippen MR) is 50.8 cm³/mol. The van der Waals surface area contributed by atoms with Crippen LogP contribution >= 0.6 is 27.3 Å². The van der Waals surface area contributed by atoms with Crippen LogP contribution < -0.4 is 5.32 Å². The lowest BCUT2D eigenvalue weighted by atomic mass is 10.4. The van der Waals surface area contributed by atoms with Gasteiger partial charge in [0.05, 0.1) is 0 Å². The molecule has 1 aromatic heterocycles. The maximum absolute atomic E-state index is 5.18. The highest BCUT2D eigenvalue weighted by atomic mass is 79.9. The van der Waals surface area contributed by atoms with Crippen molar-refractivity contribution in [2.75, 3.05) is 14.2 Å². The lowest BCUT2D eigenvalue weighted by Crippen LogP contribution is -2.16. The van der Waals surface area contributed by atoms with Crippen LogP contribution in [0.15, 0.2) is 15.9 Å². The van der Waals surface area contributed by atoms with Gasteiger partial charge in [-0.2, -0.15) is 0 Å². The number of halogens is 1. The third-order valence-corrected chi connectivity index (χ3v) is 3.08. The summed E-state index contributed by atoms with van der Waals surface area (Å²) in [4.78, 5) is 1.18. The number of methoxy groups -OCH3 is 1. The fourth-order valence-corrected chi connectivity index (χ4v) is 2.37. The first-order chi connectivity index (χ1) is 5.27. The third-order valence-electron chi connectivity index (χ3n) is 1.34. The van der Waals surface area contributed by atoms with Crippen molar-refractivity contribution in [2.24, 2.45) is 0 Å². The molecule has 0 amide bonds. The highest BCUT2D eigenvalue weighted by Crippen LogP contribution is 2.25. The molecule has 0 aliphatic heterocycles. The first-order valence-electron chi connectivity index (χ1n) is 3.22. The van der Waals surface area contributed by atoms with E-state index in [4.69, 9.17) is 4.74 Å². The molecule has 0 saturated heterocycles. The van der Waals surface area contributed by atoms with E-state index < -0.39 is 0 Å². The first-order valence-corrected chi connectivity index (χ1v) is 4.89. The number of ether oxygens (including phenoxy) is 1. The number of hydrogen-bond donors (Lipinski definition) is 1. The summed E-state index contributed by atoms with van der Waals surface area (Å²) < 4.78 is 6.28. The molecule has 2 nitrogen and oxygen atoms in total. The van der Waals surface area contributed by atoms with Crippen LogP contribution in [-0.2, 0) is 4.74 Å². The molecule has 0 radical (unpaired) electrons. The smallest absolute Gasteiger partial charge is 0.142 e. The van der Waals surface area contributed by atoms with Gasteiger partial charge in [0.25, 0.3) is 0 Å². The van der Waals surface area contributed by atoms with Crippen molar-refractivity contribution in [1.82, 2.24) is 5.32 Å². The summed E-state index contributed by atoms with van der Waals surface area (Å²) in [6.45, 7) is 0. The van der Waals surface area contributed by atoms with Gasteiger partial charge in [0.1, 0.15) is 6.23 Å². The van der Waals surface area contributed by atoms with Gasteiger partial charge in [0, 0.05) is 21.8 Å². The van der Waals surface area contributed by atoms with E-state index in [1.54, 1.807) is 18.4 Å². The highest BCUT2D eigenvalue weighted by Gasteiger charge is 2.08. The molecular weight excluding hydrogens is 226 g/mol. The molecule has 0 fully saturated rings. The number of hydrogen-bond acceptors (Lipinski definition) is 3. The lowest BCUT2D eigenvalue weighted by Gasteiger charge is -2.10. The molecule has 0 aromatic carbocycles. The summed E-state index contributed by atoms with van der Waals surface area (Å²) in [5.74, 6) is 0. The lowest BCUT2D eigenvalue weighted by molar-refractivity contribution is 0.0838. The van der Waals surface area contributed by atoms with Gasteiger partial charge in [-0.05, 0) is 29.0 Å². The van der Waals surface area contributed by atoms with Crippen LogP contribution in [0, 0.1) is 0 Å². The molecule has 1 N–H and O–H groups in total. The molecule has 1 rings (SSSR count). The first kappa shape index (κ1) is 9.19. The van der Waals surface area contributed by atoms with Gasteiger partial charge in [0.15, 0.2) is 0 Å². The van der Waals surface area contributed by atoms with Gasteiger partial charge < -0.3 is 4.74 Å². The summed E-state index contributed by atoms with van der Waals surface area (Å²) >= 11 is 5.06. The maximum Gasteiger partial charge on any atom is 0.142 e. The van der Waals surface area contributed by atoms with Crippen LogP contribution in [0.5, 0.6) is 0 Å². The van der Waals surface area contributed by atoms with E-state index in [1.165, 1.54) is 4.88 Å². The molecule has 4 heteroatoms. The Morgan fingerprint density at radius 1 is 1.73 bits per heavy atom. The standard InChI is InChI=1S/C7H10BrNOS/c1-9-7(10-2)6-3-5(8)4-11-6/h3-4,7,9H,1-2H3. The molecule has 0 spiro atoms. The van der Waals surface area contributed by atoms with Crippen molar-refractivity contribution >= 4 is 27.3 Å². The minimum atomic E-state index is 0.0197. The zero-order valence-electron chi connectivity index (χ0n) is 6.43. The second-order valence-corrected chi connectivity index (χ2v) is 3.93. The topological polar surface area (TPSA) is 21.3 Å².